The van der Waals surface area contributed by atoms with E-state index in [1.165, 1.54) is 19.2 Å². The van der Waals surface area contributed by atoms with E-state index in [1.54, 1.807) is 18.2 Å². The highest BCUT2D eigenvalue weighted by Gasteiger charge is 2.15. The van der Waals surface area contributed by atoms with Crippen molar-refractivity contribution in [1.29, 1.82) is 0 Å². The average molecular weight is 356 g/mol. The van der Waals surface area contributed by atoms with Gasteiger partial charge < -0.3 is 4.74 Å². The van der Waals surface area contributed by atoms with Gasteiger partial charge in [0.2, 0.25) is 0 Å². The predicted molar refractivity (Wildman–Crippen MR) is 82.7 cm³/mol. The summed E-state index contributed by atoms with van der Waals surface area (Å²) in [5.41, 5.74) is 1.60. The highest BCUT2D eigenvalue weighted by Crippen LogP contribution is 2.28. The molecule has 2 aromatic carbocycles. The number of aryl methyl sites for hydroxylation is 1. The molecule has 0 radical (unpaired) electrons. The molecular weight excluding hydrogens is 342 g/mol. The lowest BCUT2D eigenvalue weighted by atomic mass is 10.2. The molecule has 1 N–H and O–H groups in total. The van der Waals surface area contributed by atoms with Crippen LogP contribution >= 0.6 is 15.9 Å². The average Bonchev–Trinajstić information content (AvgIpc) is 2.41. The first kappa shape index (κ1) is 14.9. The third-order valence-corrected chi connectivity index (χ3v) is 4.74. The number of sulfonamides is 1. The number of hydrogen-bond acceptors (Lipinski definition) is 3. The second-order valence-corrected chi connectivity index (χ2v) is 6.80. The molecule has 4 nitrogen and oxygen atoms in total. The van der Waals surface area contributed by atoms with Gasteiger partial charge in [0.05, 0.1) is 16.5 Å². The van der Waals surface area contributed by atoms with Crippen molar-refractivity contribution >= 4 is 31.6 Å². The Bertz CT molecular complexity index is 712. The Morgan fingerprint density at radius 1 is 1.10 bits per heavy atom. The van der Waals surface area contributed by atoms with Gasteiger partial charge in [-0.05, 0) is 53.2 Å². The third-order valence-electron chi connectivity index (χ3n) is 2.74. The smallest absolute Gasteiger partial charge is 0.261 e. The van der Waals surface area contributed by atoms with Crippen LogP contribution in [0.3, 0.4) is 0 Å². The summed E-state index contributed by atoms with van der Waals surface area (Å²) in [4.78, 5) is 0.172. The molecule has 0 amide bonds. The quantitative estimate of drug-likeness (QED) is 0.911. The van der Waals surface area contributed by atoms with E-state index in [2.05, 4.69) is 20.7 Å². The molecule has 2 rings (SSSR count). The van der Waals surface area contributed by atoms with Gasteiger partial charge in [0.15, 0.2) is 0 Å². The number of rotatable bonds is 4. The summed E-state index contributed by atoms with van der Waals surface area (Å²) in [6.07, 6.45) is 0. The van der Waals surface area contributed by atoms with Crippen LogP contribution in [0.2, 0.25) is 0 Å². The molecule has 2 aromatic rings. The standard InChI is InChI=1S/C14H14BrNO3S/c1-10-3-5-11(6-4-10)16-20(17,18)12-7-8-14(19-2)13(15)9-12/h3-9,16H,1-2H3. The van der Waals surface area contributed by atoms with Crippen LogP contribution in [0.1, 0.15) is 5.56 Å². The largest absolute Gasteiger partial charge is 0.496 e. The Kier molecular flexibility index (Phi) is 4.35. The number of benzene rings is 2. The minimum Gasteiger partial charge on any atom is -0.496 e. The van der Waals surface area contributed by atoms with Gasteiger partial charge in [0.1, 0.15) is 5.75 Å². The van der Waals surface area contributed by atoms with E-state index >= 15 is 0 Å². The fourth-order valence-corrected chi connectivity index (χ4v) is 3.43. The fourth-order valence-electron chi connectivity index (χ4n) is 1.65. The van der Waals surface area contributed by atoms with E-state index in [-0.39, 0.29) is 4.90 Å². The number of nitrogens with one attached hydrogen (secondary N) is 1. The molecule has 0 atom stereocenters. The predicted octanol–water partition coefficient (Wildman–Crippen LogP) is 3.57. The first-order valence-corrected chi connectivity index (χ1v) is 8.13. The van der Waals surface area contributed by atoms with Crippen LogP contribution in [0.15, 0.2) is 51.8 Å². The van der Waals surface area contributed by atoms with Gasteiger partial charge in [-0.3, -0.25) is 4.72 Å². The van der Waals surface area contributed by atoms with Crippen molar-refractivity contribution in [2.75, 3.05) is 11.8 Å². The lowest BCUT2D eigenvalue weighted by Gasteiger charge is -2.10. The van der Waals surface area contributed by atoms with Gasteiger partial charge in [-0.25, -0.2) is 8.42 Å². The zero-order chi connectivity index (χ0) is 14.8. The molecule has 0 aliphatic heterocycles. The van der Waals surface area contributed by atoms with Gasteiger partial charge in [-0.15, -0.1) is 0 Å². The number of halogens is 1. The van der Waals surface area contributed by atoms with Crippen molar-refractivity contribution in [3.63, 3.8) is 0 Å². The normalized spacial score (nSPS) is 11.2. The minimum atomic E-state index is -3.61. The van der Waals surface area contributed by atoms with Crippen molar-refractivity contribution in [3.05, 3.63) is 52.5 Å². The molecule has 0 saturated heterocycles. The van der Waals surface area contributed by atoms with E-state index in [1.807, 2.05) is 19.1 Å². The van der Waals surface area contributed by atoms with E-state index in [0.29, 0.717) is 15.9 Å². The Labute approximate surface area is 127 Å². The van der Waals surface area contributed by atoms with E-state index in [4.69, 9.17) is 4.74 Å². The molecule has 0 saturated carbocycles. The molecule has 20 heavy (non-hydrogen) atoms. The van der Waals surface area contributed by atoms with Crippen LogP contribution in [-0.4, -0.2) is 15.5 Å². The van der Waals surface area contributed by atoms with Crippen LogP contribution in [-0.2, 0) is 10.0 Å². The summed E-state index contributed by atoms with van der Waals surface area (Å²) in [5.74, 6) is 0.583. The molecule has 0 spiro atoms. The number of methoxy groups -OCH3 is 1. The second-order valence-electron chi connectivity index (χ2n) is 4.27. The summed E-state index contributed by atoms with van der Waals surface area (Å²) < 4.78 is 32.7. The molecular formula is C14H14BrNO3S. The third kappa shape index (κ3) is 3.32. The van der Waals surface area contributed by atoms with Crippen molar-refractivity contribution in [2.24, 2.45) is 0 Å². The SMILES string of the molecule is COc1ccc(S(=O)(=O)Nc2ccc(C)cc2)cc1Br. The zero-order valence-corrected chi connectivity index (χ0v) is 13.5. The van der Waals surface area contributed by atoms with Crippen molar-refractivity contribution in [1.82, 2.24) is 0 Å². The number of ether oxygens (including phenoxy) is 1. The maximum Gasteiger partial charge on any atom is 0.261 e. The molecule has 0 bridgehead atoms. The Morgan fingerprint density at radius 3 is 2.30 bits per heavy atom. The highest BCUT2D eigenvalue weighted by atomic mass is 79.9. The number of hydrogen-bond donors (Lipinski definition) is 1. The van der Waals surface area contributed by atoms with Gasteiger partial charge in [0, 0.05) is 5.69 Å². The molecule has 0 aliphatic rings. The van der Waals surface area contributed by atoms with Crippen LogP contribution in [0.25, 0.3) is 0 Å². The topological polar surface area (TPSA) is 55.4 Å². The zero-order valence-electron chi connectivity index (χ0n) is 11.1. The van der Waals surface area contributed by atoms with E-state index < -0.39 is 10.0 Å². The van der Waals surface area contributed by atoms with Gasteiger partial charge >= 0.3 is 0 Å². The maximum atomic E-state index is 12.3. The maximum absolute atomic E-state index is 12.3. The monoisotopic (exact) mass is 355 g/mol. The lowest BCUT2D eigenvalue weighted by molar-refractivity contribution is 0.411. The lowest BCUT2D eigenvalue weighted by Crippen LogP contribution is -2.12. The van der Waals surface area contributed by atoms with Crippen LogP contribution in [0.4, 0.5) is 5.69 Å². The van der Waals surface area contributed by atoms with E-state index in [9.17, 15) is 8.42 Å². The summed E-state index contributed by atoms with van der Waals surface area (Å²) in [5, 5.41) is 0. The first-order valence-electron chi connectivity index (χ1n) is 5.85. The Morgan fingerprint density at radius 2 is 1.75 bits per heavy atom. The van der Waals surface area contributed by atoms with E-state index in [0.717, 1.165) is 5.56 Å². The summed E-state index contributed by atoms with van der Waals surface area (Å²) in [6, 6.07) is 11.8. The molecule has 106 valence electrons. The molecule has 0 heterocycles. The van der Waals surface area contributed by atoms with Crippen molar-refractivity contribution in [3.8, 4) is 5.75 Å². The number of anilines is 1. The van der Waals surface area contributed by atoms with Crippen molar-refractivity contribution in [2.45, 2.75) is 11.8 Å². The molecule has 0 aliphatic carbocycles. The minimum absolute atomic E-state index is 0.172. The fraction of sp³-hybridized carbons (Fsp3) is 0.143. The Balaban J connectivity index is 2.30. The summed E-state index contributed by atoms with van der Waals surface area (Å²) >= 11 is 3.28. The van der Waals surface area contributed by atoms with Crippen LogP contribution in [0.5, 0.6) is 5.75 Å². The molecule has 6 heteroatoms. The summed E-state index contributed by atoms with van der Waals surface area (Å²) in [7, 11) is -2.08. The van der Waals surface area contributed by atoms with Gasteiger partial charge in [-0.2, -0.15) is 0 Å². The second kappa shape index (κ2) is 5.85. The van der Waals surface area contributed by atoms with Crippen LogP contribution in [0, 0.1) is 6.92 Å². The highest BCUT2D eigenvalue weighted by molar-refractivity contribution is 9.10. The molecule has 0 fully saturated rings. The van der Waals surface area contributed by atoms with Crippen molar-refractivity contribution < 1.29 is 13.2 Å². The summed E-state index contributed by atoms with van der Waals surface area (Å²) in [6.45, 7) is 1.94. The Hall–Kier alpha value is -1.53. The molecule has 0 unspecified atom stereocenters. The van der Waals surface area contributed by atoms with Crippen LogP contribution < -0.4 is 9.46 Å². The molecule has 0 aromatic heterocycles. The van der Waals surface area contributed by atoms with Gasteiger partial charge in [0.25, 0.3) is 10.0 Å². The van der Waals surface area contributed by atoms with Gasteiger partial charge in [-0.1, -0.05) is 17.7 Å². The first-order chi connectivity index (χ1) is 9.42.